The van der Waals surface area contributed by atoms with Crippen molar-refractivity contribution in [3.63, 3.8) is 0 Å². The normalized spacial score (nSPS) is 16.8. The number of thioether (sulfide) groups is 1. The molecule has 158 valence electrons. The Kier molecular flexibility index (Phi) is 5.72. The lowest BCUT2D eigenvalue weighted by atomic mass is 10.2. The maximum absolute atomic E-state index is 13.4. The minimum Gasteiger partial charge on any atom is -0.378 e. The lowest BCUT2D eigenvalue weighted by molar-refractivity contribution is -0.115. The van der Waals surface area contributed by atoms with Crippen molar-refractivity contribution in [2.24, 2.45) is 0 Å². The Bertz CT molecular complexity index is 1100. The highest BCUT2D eigenvalue weighted by atomic mass is 32.2. The summed E-state index contributed by atoms with van der Waals surface area (Å²) in [6.45, 7) is 1.51. The number of anilines is 2. The largest absolute Gasteiger partial charge is 0.378 e. The molecule has 8 nitrogen and oxygen atoms in total. The topological polar surface area (TPSA) is 96.0 Å². The van der Waals surface area contributed by atoms with E-state index in [0.717, 1.165) is 4.31 Å². The first-order chi connectivity index (χ1) is 14.4. The number of carbonyl (C=O) groups excluding carboxylic acids is 2. The first-order valence-electron chi connectivity index (χ1n) is 9.38. The SMILES string of the molecule is CSc1ccc(S(=O)(=O)N2CC(=O)Nc3ccccc32)cc1C(=O)N1CCOCC1. The Labute approximate surface area is 179 Å². The first kappa shape index (κ1) is 20.7. The fourth-order valence-corrected chi connectivity index (χ4v) is 5.53. The Morgan fingerprint density at radius 1 is 1.13 bits per heavy atom. The van der Waals surface area contributed by atoms with Gasteiger partial charge in [-0.25, -0.2) is 8.42 Å². The van der Waals surface area contributed by atoms with Crippen LogP contribution in [0.15, 0.2) is 52.3 Å². The van der Waals surface area contributed by atoms with E-state index in [1.165, 1.54) is 23.9 Å². The molecular weight excluding hydrogens is 426 g/mol. The van der Waals surface area contributed by atoms with Gasteiger partial charge in [0, 0.05) is 18.0 Å². The average Bonchev–Trinajstić information content (AvgIpc) is 2.78. The second kappa shape index (κ2) is 8.29. The van der Waals surface area contributed by atoms with Crippen LogP contribution in [0, 0.1) is 0 Å². The predicted molar refractivity (Wildman–Crippen MR) is 115 cm³/mol. The van der Waals surface area contributed by atoms with Gasteiger partial charge >= 0.3 is 0 Å². The van der Waals surface area contributed by atoms with Crippen molar-refractivity contribution >= 4 is 45.0 Å². The van der Waals surface area contributed by atoms with E-state index in [-0.39, 0.29) is 17.3 Å². The summed E-state index contributed by atoms with van der Waals surface area (Å²) >= 11 is 1.38. The summed E-state index contributed by atoms with van der Waals surface area (Å²) in [5.41, 5.74) is 1.16. The van der Waals surface area contributed by atoms with Crippen LogP contribution in [-0.4, -0.2) is 64.2 Å². The van der Waals surface area contributed by atoms with Crippen molar-refractivity contribution < 1.29 is 22.7 Å². The summed E-state index contributed by atoms with van der Waals surface area (Å²) in [7, 11) is -4.05. The predicted octanol–water partition coefficient (Wildman–Crippen LogP) is 2.03. The molecule has 0 aliphatic carbocycles. The first-order valence-corrected chi connectivity index (χ1v) is 12.0. The van der Waals surface area contributed by atoms with Crippen LogP contribution >= 0.6 is 11.8 Å². The number of ether oxygens (including phenoxy) is 1. The highest BCUT2D eigenvalue weighted by Gasteiger charge is 2.33. The molecule has 2 heterocycles. The van der Waals surface area contributed by atoms with Crippen molar-refractivity contribution in [1.82, 2.24) is 4.90 Å². The van der Waals surface area contributed by atoms with Gasteiger partial charge in [0.2, 0.25) is 5.91 Å². The number of hydrogen-bond donors (Lipinski definition) is 1. The smallest absolute Gasteiger partial charge is 0.264 e. The molecule has 0 aromatic heterocycles. The van der Waals surface area contributed by atoms with E-state index in [4.69, 9.17) is 4.74 Å². The van der Waals surface area contributed by atoms with E-state index < -0.39 is 15.9 Å². The summed E-state index contributed by atoms with van der Waals surface area (Å²) in [6, 6.07) is 11.3. The summed E-state index contributed by atoms with van der Waals surface area (Å²) in [5.74, 6) is -0.640. The van der Waals surface area contributed by atoms with E-state index in [1.807, 2.05) is 6.26 Å². The fourth-order valence-electron chi connectivity index (χ4n) is 3.50. The molecule has 2 aromatic carbocycles. The van der Waals surface area contributed by atoms with Crippen LogP contribution in [0.25, 0.3) is 0 Å². The highest BCUT2D eigenvalue weighted by Crippen LogP contribution is 2.34. The molecule has 1 fully saturated rings. The lowest BCUT2D eigenvalue weighted by Gasteiger charge is -2.30. The molecule has 1 N–H and O–H groups in total. The summed E-state index contributed by atoms with van der Waals surface area (Å²) in [4.78, 5) is 27.5. The van der Waals surface area contributed by atoms with Crippen LogP contribution in [0.2, 0.25) is 0 Å². The molecule has 1 saturated heterocycles. The van der Waals surface area contributed by atoms with Gasteiger partial charge in [-0.3, -0.25) is 13.9 Å². The van der Waals surface area contributed by atoms with Gasteiger partial charge in [-0.2, -0.15) is 0 Å². The minimum absolute atomic E-state index is 0.0265. The highest BCUT2D eigenvalue weighted by molar-refractivity contribution is 7.98. The Morgan fingerprint density at radius 3 is 2.60 bits per heavy atom. The monoisotopic (exact) mass is 447 g/mol. The van der Waals surface area contributed by atoms with Crippen molar-refractivity contribution in [3.05, 3.63) is 48.0 Å². The molecule has 0 bridgehead atoms. The number of carbonyl (C=O) groups is 2. The number of rotatable bonds is 4. The number of hydrogen-bond acceptors (Lipinski definition) is 6. The molecular formula is C20H21N3O5S2. The molecule has 2 aliphatic rings. The van der Waals surface area contributed by atoms with Crippen molar-refractivity contribution in [2.45, 2.75) is 9.79 Å². The van der Waals surface area contributed by atoms with Gasteiger partial charge in [0.25, 0.3) is 15.9 Å². The molecule has 0 spiro atoms. The van der Waals surface area contributed by atoms with Gasteiger partial charge in [-0.05, 0) is 36.6 Å². The van der Waals surface area contributed by atoms with Crippen LogP contribution in [0.4, 0.5) is 11.4 Å². The third-order valence-electron chi connectivity index (χ3n) is 5.02. The zero-order chi connectivity index (χ0) is 21.3. The molecule has 2 amide bonds. The standard InChI is InChI=1S/C20H21N3O5S2/c1-29-18-7-6-14(12-15(18)20(25)22-8-10-28-11-9-22)30(26,27)23-13-19(24)21-16-4-2-3-5-17(16)23/h2-7,12H,8-11,13H2,1H3,(H,21,24). The van der Waals surface area contributed by atoms with Gasteiger partial charge in [-0.15, -0.1) is 11.8 Å². The number of amides is 2. The number of nitrogens with zero attached hydrogens (tertiary/aromatic N) is 2. The second-order valence-electron chi connectivity index (χ2n) is 6.84. The van der Waals surface area contributed by atoms with Crippen LogP contribution < -0.4 is 9.62 Å². The minimum atomic E-state index is -4.05. The molecule has 30 heavy (non-hydrogen) atoms. The van der Waals surface area contributed by atoms with Crippen molar-refractivity contribution in [1.29, 1.82) is 0 Å². The van der Waals surface area contributed by atoms with Crippen LogP contribution in [0.3, 0.4) is 0 Å². The van der Waals surface area contributed by atoms with Gasteiger partial charge < -0.3 is 15.0 Å². The molecule has 2 aromatic rings. The molecule has 10 heteroatoms. The number of sulfonamides is 1. The fraction of sp³-hybridized carbons (Fsp3) is 0.300. The van der Waals surface area contributed by atoms with Gasteiger partial charge in [0.1, 0.15) is 6.54 Å². The number of para-hydroxylation sites is 2. The van der Waals surface area contributed by atoms with Crippen LogP contribution in [0.1, 0.15) is 10.4 Å². The average molecular weight is 448 g/mol. The molecule has 0 atom stereocenters. The number of nitrogens with one attached hydrogen (secondary N) is 1. The third-order valence-corrected chi connectivity index (χ3v) is 7.57. The van der Waals surface area contributed by atoms with Gasteiger partial charge in [-0.1, -0.05) is 12.1 Å². The van der Waals surface area contributed by atoms with E-state index in [9.17, 15) is 18.0 Å². The van der Waals surface area contributed by atoms with E-state index in [2.05, 4.69) is 5.32 Å². The van der Waals surface area contributed by atoms with Gasteiger partial charge in [0.05, 0.1) is 35.0 Å². The summed E-state index contributed by atoms with van der Waals surface area (Å²) in [5, 5.41) is 2.68. The zero-order valence-corrected chi connectivity index (χ0v) is 18.0. The third kappa shape index (κ3) is 3.78. The molecule has 4 rings (SSSR count). The zero-order valence-electron chi connectivity index (χ0n) is 16.3. The van der Waals surface area contributed by atoms with Crippen LogP contribution in [-0.2, 0) is 19.6 Å². The molecule has 0 radical (unpaired) electrons. The quantitative estimate of drug-likeness (QED) is 0.721. The van der Waals surface area contributed by atoms with Crippen molar-refractivity contribution in [3.8, 4) is 0 Å². The number of fused-ring (bicyclic) bond motifs is 1. The lowest BCUT2D eigenvalue weighted by Crippen LogP contribution is -2.42. The Morgan fingerprint density at radius 2 is 1.87 bits per heavy atom. The van der Waals surface area contributed by atoms with Crippen molar-refractivity contribution in [2.75, 3.05) is 48.7 Å². The number of benzene rings is 2. The Hall–Kier alpha value is -2.56. The second-order valence-corrected chi connectivity index (χ2v) is 9.55. The Balaban J connectivity index is 1.75. The molecule has 0 saturated carbocycles. The summed E-state index contributed by atoms with van der Waals surface area (Å²) in [6.07, 6.45) is 1.84. The summed E-state index contributed by atoms with van der Waals surface area (Å²) < 4.78 is 33.3. The molecule has 0 unspecified atom stereocenters. The van der Waals surface area contributed by atoms with Gasteiger partial charge in [0.15, 0.2) is 0 Å². The van der Waals surface area contributed by atoms with E-state index in [1.54, 1.807) is 35.2 Å². The molecule has 2 aliphatic heterocycles. The van der Waals surface area contributed by atoms with Crippen LogP contribution in [0.5, 0.6) is 0 Å². The van der Waals surface area contributed by atoms with E-state index in [0.29, 0.717) is 48.1 Å². The maximum Gasteiger partial charge on any atom is 0.264 e. The number of morpholine rings is 1. The van der Waals surface area contributed by atoms with E-state index >= 15 is 0 Å². The maximum atomic E-state index is 13.4.